The van der Waals surface area contributed by atoms with Crippen molar-refractivity contribution in [3.05, 3.63) is 87.7 Å². The van der Waals surface area contributed by atoms with E-state index >= 15 is 0 Å². The van der Waals surface area contributed by atoms with Crippen LogP contribution >= 0.6 is 0 Å². The molecule has 0 aliphatic carbocycles. The van der Waals surface area contributed by atoms with Crippen molar-refractivity contribution in [2.75, 3.05) is 0 Å². The maximum Gasteiger partial charge on any atom is 5.00 e. The van der Waals surface area contributed by atoms with Gasteiger partial charge in [-0.1, -0.05) is 54.6 Å². The van der Waals surface area contributed by atoms with Gasteiger partial charge in [0.25, 0.3) is 0 Å². The minimum absolute atomic E-state index is 0. The van der Waals surface area contributed by atoms with E-state index in [1.165, 1.54) is 54.6 Å². The summed E-state index contributed by atoms with van der Waals surface area (Å²) < 4.78 is 0. The van der Waals surface area contributed by atoms with Crippen molar-refractivity contribution in [2.24, 2.45) is 0 Å². The van der Waals surface area contributed by atoms with Crippen LogP contribution in [0.1, 0.15) is 26.3 Å². The van der Waals surface area contributed by atoms with Gasteiger partial charge in [-0.3, -0.25) is 9.59 Å². The fraction of sp³-hybridized carbons (Fsp3) is 0.0476. The van der Waals surface area contributed by atoms with Gasteiger partial charge in [0.2, 0.25) is 0 Å². The third kappa shape index (κ3) is 9.34. The second kappa shape index (κ2) is 15.9. The first-order valence-electron chi connectivity index (χ1n) is 8.82. The van der Waals surface area contributed by atoms with E-state index in [0.29, 0.717) is 29.3 Å². The number of hydrogen-bond donors (Lipinski definition) is 4. The predicted molar refractivity (Wildman–Crippen MR) is 109 cm³/mol. The Morgan fingerprint density at radius 2 is 1.00 bits per heavy atom. The smallest absolute Gasteiger partial charge is 0.873 e. The predicted octanol–water partition coefficient (Wildman–Crippen LogP) is 2.58. The molecule has 0 aromatic heterocycles. The number of aliphatic hydroxyl groups excluding tert-OH is 1. The number of carbonyl (C=O) groups excluding carboxylic acids is 2. The summed E-state index contributed by atoms with van der Waals surface area (Å²) in [5.74, 6) is -1.17. The van der Waals surface area contributed by atoms with E-state index in [9.17, 15) is 24.9 Å². The van der Waals surface area contributed by atoms with Crippen molar-refractivity contribution in [3.8, 4) is 17.2 Å². The van der Waals surface area contributed by atoms with Crippen molar-refractivity contribution >= 4 is 29.6 Å². The minimum Gasteiger partial charge on any atom is -0.873 e. The van der Waals surface area contributed by atoms with Gasteiger partial charge in [-0.2, -0.15) is 0 Å². The number of hydrogen-bond acceptors (Lipinski definition) is 9. The quantitative estimate of drug-likeness (QED) is 0.216. The molecule has 4 N–H and O–H groups in total. The van der Waals surface area contributed by atoms with Gasteiger partial charge in [0, 0.05) is 11.1 Å². The fourth-order valence-electron chi connectivity index (χ4n) is 2.11. The summed E-state index contributed by atoms with van der Waals surface area (Å²) in [6.07, 6.45) is 1.15. The molecular weight excluding hydrogens is 494 g/mol. The Kier molecular flexibility index (Phi) is 14.1. The number of rotatable bonds is 6. The average molecular weight is 511 g/mol. The molecule has 12 nitrogen and oxygen atoms in total. The van der Waals surface area contributed by atoms with Gasteiger partial charge in [0.1, 0.15) is 12.6 Å². The summed E-state index contributed by atoms with van der Waals surface area (Å²) in [6, 6.07) is 11.6. The van der Waals surface area contributed by atoms with Gasteiger partial charge in [-0.15, -0.1) is 34.3 Å². The molecule has 3 rings (SSSR count). The molecule has 0 spiro atoms. The number of aliphatic hydroxyl groups is 1. The van der Waals surface area contributed by atoms with E-state index in [1.807, 2.05) is 0 Å². The molecule has 3 aromatic carbocycles. The molecule has 34 heavy (non-hydrogen) atoms. The zero-order valence-electron chi connectivity index (χ0n) is 17.1. The van der Waals surface area contributed by atoms with Gasteiger partial charge in [-0.25, -0.2) is 0 Å². The van der Waals surface area contributed by atoms with E-state index in [4.69, 9.17) is 20.7 Å². The summed E-state index contributed by atoms with van der Waals surface area (Å²) in [4.78, 5) is 20.3. The Morgan fingerprint density at radius 1 is 0.647 bits per heavy atom. The number of nitrogens with zero attached hydrogens (tertiary/aromatic N) is 3. The average Bonchev–Trinajstić information content (AvgIpc) is 2.85. The third-order valence-electron chi connectivity index (χ3n) is 3.77. The molecule has 0 aliphatic heterocycles. The second-order valence-corrected chi connectivity index (χ2v) is 5.95. The Bertz CT molecular complexity index is 1010. The normalized spacial score (nSPS) is 9.06. The zero-order chi connectivity index (χ0) is 24.8. The molecule has 0 bridgehead atoms. The number of aldehydes is 2. The minimum atomic E-state index is -0.405. The van der Waals surface area contributed by atoms with Crippen molar-refractivity contribution in [1.82, 2.24) is 0 Å². The summed E-state index contributed by atoms with van der Waals surface area (Å²) in [5, 5.41) is 65.7. The molecular formula is C21H17FeN3O9-. The van der Waals surface area contributed by atoms with E-state index in [0.717, 1.165) is 0 Å². The van der Waals surface area contributed by atoms with Gasteiger partial charge in [-0.05, 0) is 5.56 Å². The largest absolute Gasteiger partial charge is 5.00 e. The first kappa shape index (κ1) is 30.2. The van der Waals surface area contributed by atoms with Crippen molar-refractivity contribution in [2.45, 2.75) is 6.61 Å². The zero-order valence-corrected chi connectivity index (χ0v) is 18.2. The van der Waals surface area contributed by atoms with Crippen LogP contribution < -0.4 is 15.3 Å². The first-order valence-corrected chi connectivity index (χ1v) is 8.82. The van der Waals surface area contributed by atoms with E-state index < -0.39 is 11.5 Å². The van der Waals surface area contributed by atoms with Gasteiger partial charge in [0.05, 0.1) is 6.61 Å². The standard InChI is InChI=1S/C7H8NO3.2C7H6NO3.Fe/c3*9-4-5-1-2-7(10)6(3-5)8-11;/h1-3,9-11H,4H2;2*1-4,11H,(H,9,10);/q3*-1;+5/p-3. The van der Waals surface area contributed by atoms with Gasteiger partial charge in [0.15, 0.2) is 0 Å². The number of benzene rings is 3. The van der Waals surface area contributed by atoms with Crippen LogP contribution in [0.15, 0.2) is 54.6 Å². The van der Waals surface area contributed by atoms with Crippen LogP contribution in [0.3, 0.4) is 0 Å². The van der Waals surface area contributed by atoms with E-state index in [2.05, 4.69) is 16.4 Å². The Morgan fingerprint density at radius 3 is 1.32 bits per heavy atom. The maximum absolute atomic E-state index is 10.8. The van der Waals surface area contributed by atoms with Crippen LogP contribution in [0.2, 0.25) is 0 Å². The van der Waals surface area contributed by atoms with Crippen LogP contribution in [-0.4, -0.2) is 33.3 Å². The summed E-state index contributed by atoms with van der Waals surface area (Å²) >= 11 is 0. The summed E-state index contributed by atoms with van der Waals surface area (Å²) in [7, 11) is 0. The maximum atomic E-state index is 10.8. The SMILES string of the molecule is O=Cc1ccc([O-])c([N-]O)c1.O=Cc1ccc([O-])c([N-]O)c1.[Fe+5].[O-]c1ccc(CO)cc1[N-]O. The van der Waals surface area contributed by atoms with Crippen LogP contribution in [0.25, 0.3) is 16.4 Å². The molecule has 0 saturated heterocycles. The topological polar surface area (TPSA) is 227 Å². The van der Waals surface area contributed by atoms with Crippen LogP contribution in [0, 0.1) is 0 Å². The van der Waals surface area contributed by atoms with Crippen molar-refractivity contribution in [3.63, 3.8) is 0 Å². The Hall–Kier alpha value is -3.84. The molecule has 0 atom stereocenters. The van der Waals surface area contributed by atoms with Crippen LogP contribution in [-0.2, 0) is 23.7 Å². The molecule has 0 amide bonds. The van der Waals surface area contributed by atoms with Crippen LogP contribution in [0.4, 0.5) is 17.1 Å². The monoisotopic (exact) mass is 511 g/mol. The molecule has 13 heteroatoms. The molecule has 1 radical (unpaired) electrons. The van der Waals surface area contributed by atoms with Crippen LogP contribution in [0.5, 0.6) is 17.2 Å². The van der Waals surface area contributed by atoms with Gasteiger partial charge >= 0.3 is 17.1 Å². The molecule has 179 valence electrons. The third-order valence-corrected chi connectivity index (χ3v) is 3.77. The van der Waals surface area contributed by atoms with E-state index in [-0.39, 0.29) is 46.5 Å². The van der Waals surface area contributed by atoms with Gasteiger partial charge < -0.3 is 52.5 Å². The first-order chi connectivity index (χ1) is 15.8. The Labute approximate surface area is 204 Å². The molecule has 0 fully saturated rings. The molecule has 3 aromatic rings. The van der Waals surface area contributed by atoms with Crippen molar-refractivity contribution < 1.29 is 62.7 Å². The summed E-state index contributed by atoms with van der Waals surface area (Å²) in [6.45, 7) is -0.164. The molecule has 0 unspecified atom stereocenters. The Balaban J connectivity index is 0.000000473. The molecule has 0 heterocycles. The summed E-state index contributed by atoms with van der Waals surface area (Å²) in [5.41, 5.74) is 9.08. The second-order valence-electron chi connectivity index (χ2n) is 5.95. The van der Waals surface area contributed by atoms with E-state index in [1.54, 1.807) is 0 Å². The van der Waals surface area contributed by atoms with Crippen molar-refractivity contribution in [1.29, 1.82) is 0 Å². The fourth-order valence-corrected chi connectivity index (χ4v) is 2.11. The molecule has 0 aliphatic rings. The molecule has 0 saturated carbocycles. The number of carbonyl (C=O) groups is 2.